The highest BCUT2D eigenvalue weighted by atomic mass is 16.8. The fraction of sp³-hybridized carbons (Fsp3) is 0.706. The lowest BCUT2D eigenvalue weighted by Gasteiger charge is -2.31. The standard InChI is InChI=1S/C17H24N6O5/c1-17(2)27-11-9(7-24)26-15(12(11)28-17)23-14-10(13(18)19-8-20-14)21-16(23)22-3-5-25-6-4-22/h8-9,11-12,15,24H,3-7H2,1-2H3,(H2,18,19,20)/t9-,11?,12?,15-/m0/s1. The lowest BCUT2D eigenvalue weighted by molar-refractivity contribution is -0.199. The van der Waals surface area contributed by atoms with Crippen molar-refractivity contribution in [2.24, 2.45) is 0 Å². The normalized spacial score (nSPS) is 32.2. The number of morpholine rings is 1. The van der Waals surface area contributed by atoms with Crippen molar-refractivity contribution in [2.75, 3.05) is 43.5 Å². The third kappa shape index (κ3) is 2.73. The van der Waals surface area contributed by atoms with Crippen molar-refractivity contribution in [3.05, 3.63) is 6.33 Å². The van der Waals surface area contributed by atoms with Crippen molar-refractivity contribution in [2.45, 2.75) is 44.2 Å². The Morgan fingerprint density at radius 3 is 2.71 bits per heavy atom. The summed E-state index contributed by atoms with van der Waals surface area (Å²) in [6.45, 7) is 6.11. The van der Waals surface area contributed by atoms with Crippen LogP contribution < -0.4 is 10.6 Å². The van der Waals surface area contributed by atoms with Gasteiger partial charge in [0, 0.05) is 13.1 Å². The monoisotopic (exact) mass is 392 g/mol. The number of rotatable bonds is 3. The van der Waals surface area contributed by atoms with Crippen LogP contribution in [-0.2, 0) is 18.9 Å². The zero-order chi connectivity index (χ0) is 19.5. The molecule has 5 heterocycles. The average Bonchev–Trinajstić information content (AvgIpc) is 3.31. The highest BCUT2D eigenvalue weighted by Crippen LogP contribution is 2.45. The van der Waals surface area contributed by atoms with Gasteiger partial charge in [0.1, 0.15) is 24.6 Å². The predicted molar refractivity (Wildman–Crippen MR) is 97.6 cm³/mol. The van der Waals surface area contributed by atoms with E-state index in [2.05, 4.69) is 14.9 Å². The molecule has 11 heteroatoms. The Labute approximate surface area is 161 Å². The summed E-state index contributed by atoms with van der Waals surface area (Å²) >= 11 is 0. The fourth-order valence-corrected chi connectivity index (χ4v) is 4.15. The van der Waals surface area contributed by atoms with Gasteiger partial charge in [0.25, 0.3) is 0 Å². The van der Waals surface area contributed by atoms with E-state index in [0.29, 0.717) is 49.2 Å². The van der Waals surface area contributed by atoms with Crippen LogP contribution in [0, 0.1) is 0 Å². The Morgan fingerprint density at radius 1 is 1.21 bits per heavy atom. The van der Waals surface area contributed by atoms with Crippen LogP contribution in [0.5, 0.6) is 0 Å². The van der Waals surface area contributed by atoms with Crippen molar-refractivity contribution < 1.29 is 24.1 Å². The molecule has 11 nitrogen and oxygen atoms in total. The molecule has 0 spiro atoms. The van der Waals surface area contributed by atoms with E-state index in [-0.39, 0.29) is 12.7 Å². The molecule has 3 aliphatic rings. The summed E-state index contributed by atoms with van der Waals surface area (Å²) in [6.07, 6.45) is -0.475. The minimum absolute atomic E-state index is 0.173. The van der Waals surface area contributed by atoms with Gasteiger partial charge in [-0.3, -0.25) is 4.57 Å². The Bertz CT molecular complexity index is 882. The number of nitrogen functional groups attached to an aromatic ring is 1. The lowest BCUT2D eigenvalue weighted by Crippen LogP contribution is -2.39. The molecule has 2 aromatic rings. The number of anilines is 2. The Morgan fingerprint density at radius 2 is 1.96 bits per heavy atom. The van der Waals surface area contributed by atoms with Crippen molar-refractivity contribution in [1.82, 2.24) is 19.5 Å². The summed E-state index contributed by atoms with van der Waals surface area (Å²) in [4.78, 5) is 15.3. The van der Waals surface area contributed by atoms with Crippen LogP contribution >= 0.6 is 0 Å². The van der Waals surface area contributed by atoms with E-state index < -0.39 is 24.2 Å². The molecule has 28 heavy (non-hydrogen) atoms. The van der Waals surface area contributed by atoms with Crippen LogP contribution in [0.4, 0.5) is 11.8 Å². The number of aliphatic hydroxyl groups is 1. The number of fused-ring (bicyclic) bond motifs is 2. The molecule has 4 atom stereocenters. The summed E-state index contributed by atoms with van der Waals surface area (Å²) in [5.74, 6) is 0.200. The molecule has 3 aliphatic heterocycles. The molecule has 2 aromatic heterocycles. The average molecular weight is 392 g/mol. The molecule has 5 rings (SSSR count). The maximum absolute atomic E-state index is 9.82. The van der Waals surface area contributed by atoms with E-state index in [1.807, 2.05) is 18.4 Å². The third-order valence-corrected chi connectivity index (χ3v) is 5.34. The maximum atomic E-state index is 9.82. The van der Waals surface area contributed by atoms with Gasteiger partial charge >= 0.3 is 0 Å². The highest BCUT2D eigenvalue weighted by molar-refractivity contribution is 5.84. The van der Waals surface area contributed by atoms with Crippen molar-refractivity contribution in [1.29, 1.82) is 0 Å². The van der Waals surface area contributed by atoms with E-state index in [4.69, 9.17) is 29.7 Å². The number of aliphatic hydroxyl groups excluding tert-OH is 1. The number of ether oxygens (including phenoxy) is 4. The van der Waals surface area contributed by atoms with Crippen LogP contribution in [0.2, 0.25) is 0 Å². The van der Waals surface area contributed by atoms with Gasteiger partial charge in [-0.25, -0.2) is 15.0 Å². The van der Waals surface area contributed by atoms with E-state index in [1.165, 1.54) is 6.33 Å². The van der Waals surface area contributed by atoms with Crippen LogP contribution in [0.3, 0.4) is 0 Å². The second-order valence-electron chi connectivity index (χ2n) is 7.62. The molecule has 3 saturated heterocycles. The van der Waals surface area contributed by atoms with E-state index >= 15 is 0 Å². The number of aromatic nitrogens is 4. The van der Waals surface area contributed by atoms with Crippen molar-refractivity contribution >= 4 is 22.9 Å². The zero-order valence-electron chi connectivity index (χ0n) is 15.8. The topological polar surface area (TPSA) is 130 Å². The molecule has 0 aromatic carbocycles. The predicted octanol–water partition coefficient (Wildman–Crippen LogP) is -0.345. The highest BCUT2D eigenvalue weighted by Gasteiger charge is 2.56. The number of hydrogen-bond acceptors (Lipinski definition) is 10. The fourth-order valence-electron chi connectivity index (χ4n) is 4.15. The summed E-state index contributed by atoms with van der Waals surface area (Å²) in [5.41, 5.74) is 7.13. The van der Waals surface area contributed by atoms with E-state index in [0.717, 1.165) is 0 Å². The van der Waals surface area contributed by atoms with Gasteiger partial charge in [0.2, 0.25) is 5.95 Å². The summed E-state index contributed by atoms with van der Waals surface area (Å²) in [5, 5.41) is 9.82. The Balaban J connectivity index is 1.64. The molecular formula is C17H24N6O5. The van der Waals surface area contributed by atoms with Crippen LogP contribution in [-0.4, -0.2) is 81.6 Å². The SMILES string of the molecule is CC1(C)OC2C(O1)[C@@H](n1c(N3CCOCC3)nc3c(N)ncnc31)O[C@H]2CO. The van der Waals surface area contributed by atoms with Gasteiger partial charge in [0.15, 0.2) is 29.0 Å². The van der Waals surface area contributed by atoms with Crippen LogP contribution in [0.15, 0.2) is 6.33 Å². The molecule has 0 radical (unpaired) electrons. The van der Waals surface area contributed by atoms with Crippen LogP contribution in [0.25, 0.3) is 11.2 Å². The van der Waals surface area contributed by atoms with Gasteiger partial charge in [-0.2, -0.15) is 0 Å². The number of hydrogen-bond donors (Lipinski definition) is 2. The first-order valence-corrected chi connectivity index (χ1v) is 9.41. The molecule has 3 N–H and O–H groups in total. The molecule has 0 saturated carbocycles. The van der Waals surface area contributed by atoms with Gasteiger partial charge in [-0.1, -0.05) is 0 Å². The first-order valence-electron chi connectivity index (χ1n) is 9.41. The largest absolute Gasteiger partial charge is 0.394 e. The molecule has 0 bridgehead atoms. The molecule has 2 unspecified atom stereocenters. The maximum Gasteiger partial charge on any atom is 0.210 e. The number of imidazole rings is 1. The molecule has 0 amide bonds. The quantitative estimate of drug-likeness (QED) is 0.715. The third-order valence-electron chi connectivity index (χ3n) is 5.34. The first-order chi connectivity index (χ1) is 13.5. The smallest absolute Gasteiger partial charge is 0.210 e. The summed E-state index contributed by atoms with van der Waals surface area (Å²) < 4.78 is 25.7. The summed E-state index contributed by atoms with van der Waals surface area (Å²) in [7, 11) is 0. The molecule has 0 aliphatic carbocycles. The second kappa shape index (κ2) is 6.49. The van der Waals surface area contributed by atoms with E-state index in [9.17, 15) is 5.11 Å². The molecule has 3 fully saturated rings. The molecular weight excluding hydrogens is 368 g/mol. The lowest BCUT2D eigenvalue weighted by atomic mass is 10.1. The van der Waals surface area contributed by atoms with Crippen LogP contribution in [0.1, 0.15) is 20.1 Å². The first kappa shape index (κ1) is 18.0. The van der Waals surface area contributed by atoms with Crippen molar-refractivity contribution in [3.63, 3.8) is 0 Å². The zero-order valence-corrected chi connectivity index (χ0v) is 15.8. The number of nitrogens with zero attached hydrogens (tertiary/aromatic N) is 5. The minimum atomic E-state index is -0.770. The Kier molecular flexibility index (Phi) is 4.18. The van der Waals surface area contributed by atoms with Gasteiger partial charge in [0.05, 0.1) is 19.8 Å². The second-order valence-corrected chi connectivity index (χ2v) is 7.62. The summed E-state index contributed by atoms with van der Waals surface area (Å²) in [6, 6.07) is 0. The van der Waals surface area contributed by atoms with Crippen molar-refractivity contribution in [3.8, 4) is 0 Å². The minimum Gasteiger partial charge on any atom is -0.394 e. The van der Waals surface area contributed by atoms with Gasteiger partial charge in [-0.05, 0) is 13.8 Å². The Hall–Kier alpha value is -2.05. The van der Waals surface area contributed by atoms with Gasteiger partial charge < -0.3 is 34.7 Å². The molecule has 152 valence electrons. The number of nitrogens with two attached hydrogens (primary N) is 1. The van der Waals surface area contributed by atoms with Gasteiger partial charge in [-0.15, -0.1) is 0 Å². The van der Waals surface area contributed by atoms with E-state index in [1.54, 1.807) is 0 Å².